The standard InChI is InChI=1S/C30H22F6N2O4/c1-15-5-9-18(10-6-15)37-23(39)19-11-7-16(13-21(19)24(37)40)28(29(31,32)33,30(34,35)36)17-8-12-20-22(14-17)26(42)38(25(20)41)27(2,3)4/h5-14H,1-4H3. The predicted molar refractivity (Wildman–Crippen MR) is 138 cm³/mol. The number of carbonyl (C=O) groups excluding carboxylic acids is 4. The van der Waals surface area contributed by atoms with Crippen LogP contribution in [0, 0.1) is 6.92 Å². The molecule has 0 aromatic heterocycles. The maximum Gasteiger partial charge on any atom is 0.411 e. The lowest BCUT2D eigenvalue weighted by Crippen LogP contribution is -2.55. The molecule has 0 spiro atoms. The second-order valence-electron chi connectivity index (χ2n) is 11.2. The summed E-state index contributed by atoms with van der Waals surface area (Å²) in [5, 5.41) is 0. The molecular weight excluding hydrogens is 566 g/mol. The van der Waals surface area contributed by atoms with Gasteiger partial charge in [-0.25, -0.2) is 4.90 Å². The number of anilines is 1. The van der Waals surface area contributed by atoms with Crippen LogP contribution in [0.25, 0.3) is 0 Å². The van der Waals surface area contributed by atoms with E-state index in [4.69, 9.17) is 0 Å². The molecule has 0 N–H and O–H groups in total. The van der Waals surface area contributed by atoms with Gasteiger partial charge in [-0.2, -0.15) is 26.3 Å². The van der Waals surface area contributed by atoms with Gasteiger partial charge < -0.3 is 0 Å². The third-order valence-corrected chi connectivity index (χ3v) is 7.45. The highest BCUT2D eigenvalue weighted by molar-refractivity contribution is 6.34. The second kappa shape index (κ2) is 9.01. The molecule has 0 radical (unpaired) electrons. The van der Waals surface area contributed by atoms with E-state index in [0.29, 0.717) is 29.2 Å². The number of fused-ring (bicyclic) bond motifs is 2. The zero-order valence-electron chi connectivity index (χ0n) is 22.6. The summed E-state index contributed by atoms with van der Waals surface area (Å²) in [6.45, 7) is 6.23. The molecule has 0 saturated heterocycles. The average molecular weight is 589 g/mol. The topological polar surface area (TPSA) is 74.8 Å². The van der Waals surface area contributed by atoms with Crippen molar-refractivity contribution in [2.75, 3.05) is 4.90 Å². The van der Waals surface area contributed by atoms with E-state index in [9.17, 15) is 45.5 Å². The quantitative estimate of drug-likeness (QED) is 0.255. The largest absolute Gasteiger partial charge is 0.411 e. The molecule has 6 nitrogen and oxygen atoms in total. The van der Waals surface area contributed by atoms with Gasteiger partial charge >= 0.3 is 12.4 Å². The summed E-state index contributed by atoms with van der Waals surface area (Å²) in [5.41, 5.74) is -9.63. The number of aryl methyl sites for hydroxylation is 1. The van der Waals surface area contributed by atoms with E-state index >= 15 is 0 Å². The molecule has 2 aliphatic rings. The maximum absolute atomic E-state index is 14.9. The molecule has 2 heterocycles. The molecule has 0 unspecified atom stereocenters. The Hall–Kier alpha value is -4.48. The number of hydrogen-bond acceptors (Lipinski definition) is 4. The molecule has 0 aliphatic carbocycles. The minimum Gasteiger partial charge on any atom is -0.269 e. The molecule has 12 heteroatoms. The fraction of sp³-hybridized carbons (Fsp3) is 0.267. The highest BCUT2D eigenvalue weighted by atomic mass is 19.4. The molecule has 42 heavy (non-hydrogen) atoms. The normalized spacial score (nSPS) is 16.0. The van der Waals surface area contributed by atoms with Crippen molar-refractivity contribution in [3.05, 3.63) is 99.6 Å². The fourth-order valence-electron chi connectivity index (χ4n) is 5.47. The Balaban J connectivity index is 1.72. The van der Waals surface area contributed by atoms with Crippen molar-refractivity contribution < 1.29 is 45.5 Å². The van der Waals surface area contributed by atoms with Crippen LogP contribution >= 0.6 is 0 Å². The summed E-state index contributed by atoms with van der Waals surface area (Å²) in [6.07, 6.45) is -12.1. The first-order valence-electron chi connectivity index (χ1n) is 12.6. The molecule has 4 amide bonds. The zero-order valence-corrected chi connectivity index (χ0v) is 22.6. The number of amides is 4. The fourth-order valence-corrected chi connectivity index (χ4v) is 5.47. The molecule has 0 saturated carbocycles. The van der Waals surface area contributed by atoms with Gasteiger partial charge in [0.15, 0.2) is 0 Å². The van der Waals surface area contributed by atoms with E-state index < -0.39 is 69.2 Å². The Kier molecular flexibility index (Phi) is 6.23. The van der Waals surface area contributed by atoms with Gasteiger partial charge in [0.25, 0.3) is 23.6 Å². The molecule has 3 aromatic rings. The van der Waals surface area contributed by atoms with Gasteiger partial charge in [0, 0.05) is 5.54 Å². The summed E-state index contributed by atoms with van der Waals surface area (Å²) >= 11 is 0. The van der Waals surface area contributed by atoms with Crippen molar-refractivity contribution in [3.8, 4) is 0 Å². The zero-order chi connectivity index (χ0) is 31.2. The first kappa shape index (κ1) is 29.0. The van der Waals surface area contributed by atoms with Crippen LogP contribution in [-0.2, 0) is 5.41 Å². The van der Waals surface area contributed by atoms with Crippen LogP contribution < -0.4 is 4.90 Å². The Labute approximate surface area is 235 Å². The highest BCUT2D eigenvalue weighted by Crippen LogP contribution is 2.57. The molecule has 3 aromatic carbocycles. The number of alkyl halides is 6. The molecule has 0 atom stereocenters. The first-order chi connectivity index (χ1) is 19.3. The number of rotatable bonds is 3. The van der Waals surface area contributed by atoms with Crippen molar-refractivity contribution in [2.45, 2.75) is 51.0 Å². The summed E-state index contributed by atoms with van der Waals surface area (Å²) < 4.78 is 89.4. The summed E-state index contributed by atoms with van der Waals surface area (Å²) in [6, 6.07) is 9.43. The number of halogens is 6. The van der Waals surface area contributed by atoms with E-state index in [1.54, 1.807) is 19.1 Å². The second-order valence-corrected chi connectivity index (χ2v) is 11.2. The van der Waals surface area contributed by atoms with E-state index in [0.717, 1.165) is 22.6 Å². The van der Waals surface area contributed by atoms with Crippen molar-refractivity contribution in [2.24, 2.45) is 0 Å². The van der Waals surface area contributed by atoms with Crippen LogP contribution in [0.5, 0.6) is 0 Å². The van der Waals surface area contributed by atoms with Crippen LogP contribution in [0.2, 0.25) is 0 Å². The van der Waals surface area contributed by atoms with Gasteiger partial charge in [0.05, 0.1) is 27.9 Å². The SMILES string of the molecule is Cc1ccc(N2C(=O)c3ccc(C(c4ccc5c(c4)C(=O)N(C(C)(C)C)C5=O)(C(F)(F)F)C(F)(F)F)cc3C2=O)cc1. The lowest BCUT2D eigenvalue weighted by Gasteiger charge is -2.38. The number of imide groups is 2. The lowest BCUT2D eigenvalue weighted by atomic mass is 9.71. The van der Waals surface area contributed by atoms with E-state index in [-0.39, 0.29) is 16.8 Å². The average Bonchev–Trinajstić information content (AvgIpc) is 3.27. The van der Waals surface area contributed by atoms with E-state index in [2.05, 4.69) is 0 Å². The summed E-state index contributed by atoms with van der Waals surface area (Å²) in [7, 11) is 0. The molecule has 5 rings (SSSR count). The first-order valence-corrected chi connectivity index (χ1v) is 12.6. The van der Waals surface area contributed by atoms with E-state index in [1.165, 1.54) is 32.9 Å². The van der Waals surface area contributed by atoms with Gasteiger partial charge in [-0.05, 0) is 75.2 Å². The molecule has 0 bridgehead atoms. The number of nitrogens with zero attached hydrogens (tertiary/aromatic N) is 2. The lowest BCUT2D eigenvalue weighted by molar-refractivity contribution is -0.288. The van der Waals surface area contributed by atoms with Gasteiger partial charge in [0.2, 0.25) is 5.41 Å². The monoisotopic (exact) mass is 588 g/mol. The maximum atomic E-state index is 14.9. The van der Waals surface area contributed by atoms with Crippen LogP contribution in [0.1, 0.15) is 78.9 Å². The Morgan fingerprint density at radius 3 is 1.40 bits per heavy atom. The smallest absolute Gasteiger partial charge is 0.269 e. The third-order valence-electron chi connectivity index (χ3n) is 7.45. The minimum absolute atomic E-state index is 0.0939. The summed E-state index contributed by atoms with van der Waals surface area (Å²) in [5.74, 6) is -3.88. The molecule has 0 fully saturated rings. The van der Waals surface area contributed by atoms with Crippen molar-refractivity contribution in [3.63, 3.8) is 0 Å². The van der Waals surface area contributed by atoms with Gasteiger partial charge in [0.1, 0.15) is 0 Å². The van der Waals surface area contributed by atoms with Gasteiger partial charge in [-0.3, -0.25) is 24.1 Å². The Morgan fingerprint density at radius 2 is 0.952 bits per heavy atom. The minimum atomic E-state index is -6.04. The molecule has 218 valence electrons. The number of benzene rings is 3. The van der Waals surface area contributed by atoms with E-state index in [1.807, 2.05) is 0 Å². The molecular formula is C30H22F6N2O4. The van der Waals surface area contributed by atoms with Crippen LogP contribution in [0.3, 0.4) is 0 Å². The third kappa shape index (κ3) is 3.95. The van der Waals surface area contributed by atoms with Gasteiger partial charge in [-0.1, -0.05) is 29.8 Å². The van der Waals surface area contributed by atoms with Crippen LogP contribution in [0.4, 0.5) is 32.0 Å². The van der Waals surface area contributed by atoms with Crippen LogP contribution in [0.15, 0.2) is 60.7 Å². The molecule has 2 aliphatic heterocycles. The van der Waals surface area contributed by atoms with Gasteiger partial charge in [-0.15, -0.1) is 0 Å². The van der Waals surface area contributed by atoms with Crippen molar-refractivity contribution in [1.82, 2.24) is 4.90 Å². The summed E-state index contributed by atoms with van der Waals surface area (Å²) in [4.78, 5) is 53.6. The number of hydrogen-bond donors (Lipinski definition) is 0. The highest BCUT2D eigenvalue weighted by Gasteiger charge is 2.73. The predicted octanol–water partition coefficient (Wildman–Crippen LogP) is 6.60. The Morgan fingerprint density at radius 1 is 0.548 bits per heavy atom. The Bertz CT molecular complexity index is 1670. The number of carbonyl (C=O) groups is 4. The van der Waals surface area contributed by atoms with Crippen LogP contribution in [-0.4, -0.2) is 46.4 Å². The van der Waals surface area contributed by atoms with Crippen molar-refractivity contribution in [1.29, 1.82) is 0 Å². The van der Waals surface area contributed by atoms with Crippen molar-refractivity contribution >= 4 is 29.3 Å².